The van der Waals surface area contributed by atoms with Gasteiger partial charge in [0.15, 0.2) is 0 Å². The van der Waals surface area contributed by atoms with Crippen LogP contribution >= 0.6 is 11.8 Å². The Bertz CT molecular complexity index is 1000. The Kier molecular flexibility index (Phi) is 7.84. The number of aryl methyl sites for hydroxylation is 1. The predicted octanol–water partition coefficient (Wildman–Crippen LogP) is 5.08. The Morgan fingerprint density at radius 2 is 1.71 bits per heavy atom. The lowest BCUT2D eigenvalue weighted by Crippen LogP contribution is -2.47. The molecule has 1 unspecified atom stereocenters. The molecule has 2 aromatic carbocycles. The van der Waals surface area contributed by atoms with Crippen molar-refractivity contribution in [1.29, 1.82) is 0 Å². The number of carbonyl (C=O) groups excluding carboxylic acids is 2. The van der Waals surface area contributed by atoms with Gasteiger partial charge >= 0.3 is 0 Å². The third kappa shape index (κ3) is 6.69. The van der Waals surface area contributed by atoms with Crippen LogP contribution < -0.4 is 10.6 Å². The van der Waals surface area contributed by atoms with Gasteiger partial charge in [0, 0.05) is 34.3 Å². The summed E-state index contributed by atoms with van der Waals surface area (Å²) >= 11 is 1.71. The highest BCUT2D eigenvalue weighted by Gasteiger charge is 2.24. The van der Waals surface area contributed by atoms with E-state index in [4.69, 9.17) is 0 Å². The van der Waals surface area contributed by atoms with Crippen LogP contribution in [0, 0.1) is 12.8 Å². The fraction of sp³-hybridized carbons (Fsp3) is 0.240. The number of pyridine rings is 1. The number of hydrogen-bond donors (Lipinski definition) is 2. The quantitative estimate of drug-likeness (QED) is 0.486. The molecule has 0 aliphatic heterocycles. The van der Waals surface area contributed by atoms with Crippen molar-refractivity contribution in [2.45, 2.75) is 37.5 Å². The highest BCUT2D eigenvalue weighted by Crippen LogP contribution is 2.24. The number of rotatable bonds is 8. The lowest BCUT2D eigenvalue weighted by molar-refractivity contribution is -0.118. The molecule has 31 heavy (non-hydrogen) atoms. The Balaban J connectivity index is 1.58. The van der Waals surface area contributed by atoms with E-state index in [9.17, 15) is 9.59 Å². The van der Waals surface area contributed by atoms with Crippen molar-refractivity contribution < 1.29 is 9.59 Å². The summed E-state index contributed by atoms with van der Waals surface area (Å²) in [5, 5.41) is 5.78. The summed E-state index contributed by atoms with van der Waals surface area (Å²) in [7, 11) is 0. The number of hydrogen-bond acceptors (Lipinski definition) is 4. The molecule has 6 heteroatoms. The summed E-state index contributed by atoms with van der Waals surface area (Å²) in [6.45, 7) is 5.80. The number of thioether (sulfide) groups is 1. The molecule has 0 bridgehead atoms. The lowest BCUT2D eigenvalue weighted by Gasteiger charge is -2.22. The second kappa shape index (κ2) is 10.8. The molecule has 1 heterocycles. The molecule has 2 amide bonds. The van der Waals surface area contributed by atoms with E-state index in [0.29, 0.717) is 11.3 Å². The molecule has 0 aliphatic carbocycles. The fourth-order valence-electron chi connectivity index (χ4n) is 2.97. The van der Waals surface area contributed by atoms with Gasteiger partial charge in [-0.1, -0.05) is 37.6 Å². The van der Waals surface area contributed by atoms with Gasteiger partial charge in [-0.3, -0.25) is 14.6 Å². The van der Waals surface area contributed by atoms with Crippen molar-refractivity contribution in [3.8, 4) is 0 Å². The van der Waals surface area contributed by atoms with Crippen molar-refractivity contribution in [3.63, 3.8) is 0 Å². The van der Waals surface area contributed by atoms with Crippen LogP contribution in [0.2, 0.25) is 0 Å². The lowest BCUT2D eigenvalue weighted by atomic mass is 10.0. The summed E-state index contributed by atoms with van der Waals surface area (Å²) in [6.07, 6.45) is 3.62. The highest BCUT2D eigenvalue weighted by molar-refractivity contribution is 7.98. The van der Waals surface area contributed by atoms with Gasteiger partial charge in [-0.2, -0.15) is 0 Å². The first kappa shape index (κ1) is 22.6. The summed E-state index contributed by atoms with van der Waals surface area (Å²) in [5.74, 6) is 0.297. The molecule has 0 saturated heterocycles. The minimum atomic E-state index is -0.631. The molecule has 160 valence electrons. The van der Waals surface area contributed by atoms with E-state index < -0.39 is 6.04 Å². The Hall–Kier alpha value is -3.12. The predicted molar refractivity (Wildman–Crippen MR) is 126 cm³/mol. The smallest absolute Gasteiger partial charge is 0.251 e. The minimum absolute atomic E-state index is 0.0521. The van der Waals surface area contributed by atoms with Gasteiger partial charge < -0.3 is 10.6 Å². The topological polar surface area (TPSA) is 71.1 Å². The minimum Gasteiger partial charge on any atom is -0.340 e. The van der Waals surface area contributed by atoms with Gasteiger partial charge in [0.25, 0.3) is 5.91 Å². The van der Waals surface area contributed by atoms with E-state index in [1.807, 2.05) is 75.5 Å². The number of nitrogens with one attached hydrogen (secondary N) is 2. The first-order chi connectivity index (χ1) is 14.9. The zero-order chi connectivity index (χ0) is 22.2. The summed E-state index contributed by atoms with van der Waals surface area (Å²) in [4.78, 5) is 30.6. The largest absolute Gasteiger partial charge is 0.340 e. The SMILES string of the molecule is Cc1ccc(C(=O)NC(C(=O)Nc2ccc(SCc3cccnc3)cc2)C(C)C)cc1. The molecule has 0 spiro atoms. The van der Waals surface area contributed by atoms with Crippen LogP contribution in [0.1, 0.15) is 35.3 Å². The number of nitrogens with zero attached hydrogens (tertiary/aromatic N) is 1. The zero-order valence-electron chi connectivity index (χ0n) is 18.0. The maximum atomic E-state index is 12.8. The maximum Gasteiger partial charge on any atom is 0.251 e. The zero-order valence-corrected chi connectivity index (χ0v) is 18.8. The van der Waals surface area contributed by atoms with Crippen LogP contribution in [0.4, 0.5) is 5.69 Å². The van der Waals surface area contributed by atoms with Crippen LogP contribution in [-0.4, -0.2) is 22.8 Å². The molecule has 0 fully saturated rings. The van der Waals surface area contributed by atoms with Crippen LogP contribution in [0.3, 0.4) is 0 Å². The Morgan fingerprint density at radius 1 is 1.00 bits per heavy atom. The van der Waals surface area contributed by atoms with E-state index >= 15 is 0 Å². The summed E-state index contributed by atoms with van der Waals surface area (Å²) in [5.41, 5.74) is 3.48. The summed E-state index contributed by atoms with van der Waals surface area (Å²) < 4.78 is 0. The van der Waals surface area contributed by atoms with Crippen LogP contribution in [-0.2, 0) is 10.5 Å². The molecule has 2 N–H and O–H groups in total. The molecule has 1 aromatic heterocycles. The van der Waals surface area contributed by atoms with Gasteiger partial charge in [-0.05, 0) is 60.9 Å². The fourth-order valence-corrected chi connectivity index (χ4v) is 3.80. The molecule has 3 aromatic rings. The van der Waals surface area contributed by atoms with Gasteiger partial charge in [0.1, 0.15) is 6.04 Å². The van der Waals surface area contributed by atoms with Crippen molar-refractivity contribution in [2.24, 2.45) is 5.92 Å². The van der Waals surface area contributed by atoms with Gasteiger partial charge in [0.05, 0.1) is 0 Å². The van der Waals surface area contributed by atoms with Gasteiger partial charge in [-0.15, -0.1) is 11.8 Å². The molecule has 3 rings (SSSR count). The summed E-state index contributed by atoms with van der Waals surface area (Å²) in [6, 6.07) is 18.4. The van der Waals surface area contributed by atoms with Crippen molar-refractivity contribution in [2.75, 3.05) is 5.32 Å². The second-order valence-electron chi connectivity index (χ2n) is 7.72. The average molecular weight is 434 g/mol. The number of carbonyl (C=O) groups is 2. The highest BCUT2D eigenvalue weighted by atomic mass is 32.2. The molecule has 0 aliphatic rings. The van der Waals surface area contributed by atoms with Gasteiger partial charge in [-0.25, -0.2) is 0 Å². The van der Waals surface area contributed by atoms with Crippen LogP contribution in [0.5, 0.6) is 0 Å². The Labute approximate surface area is 187 Å². The van der Waals surface area contributed by atoms with Crippen molar-refractivity contribution in [3.05, 3.63) is 89.7 Å². The van der Waals surface area contributed by atoms with Crippen molar-refractivity contribution in [1.82, 2.24) is 10.3 Å². The van der Waals surface area contributed by atoms with E-state index in [-0.39, 0.29) is 17.7 Å². The number of amides is 2. The number of benzene rings is 2. The molecule has 0 saturated carbocycles. The molecule has 0 radical (unpaired) electrons. The molecule has 1 atom stereocenters. The van der Waals surface area contributed by atoms with E-state index in [2.05, 4.69) is 15.6 Å². The van der Waals surface area contributed by atoms with E-state index in [0.717, 1.165) is 21.8 Å². The first-order valence-electron chi connectivity index (χ1n) is 10.2. The van der Waals surface area contributed by atoms with E-state index in [1.165, 1.54) is 0 Å². The average Bonchev–Trinajstić information content (AvgIpc) is 2.77. The normalized spacial score (nSPS) is 11.7. The second-order valence-corrected chi connectivity index (χ2v) is 8.77. The Morgan fingerprint density at radius 3 is 2.32 bits per heavy atom. The van der Waals surface area contributed by atoms with Crippen LogP contribution in [0.15, 0.2) is 78.0 Å². The third-order valence-electron chi connectivity index (χ3n) is 4.80. The molecule has 5 nitrogen and oxygen atoms in total. The molecular weight excluding hydrogens is 406 g/mol. The van der Waals surface area contributed by atoms with Crippen LogP contribution in [0.25, 0.3) is 0 Å². The monoisotopic (exact) mass is 433 g/mol. The van der Waals surface area contributed by atoms with E-state index in [1.54, 1.807) is 30.1 Å². The standard InChI is InChI=1S/C25H27N3O2S/c1-17(2)23(28-24(29)20-8-6-18(3)7-9-20)25(30)27-21-10-12-22(13-11-21)31-16-19-5-4-14-26-15-19/h4-15,17,23H,16H2,1-3H3,(H,27,30)(H,28,29). The third-order valence-corrected chi connectivity index (χ3v) is 5.88. The first-order valence-corrected chi connectivity index (χ1v) is 11.2. The van der Waals surface area contributed by atoms with Gasteiger partial charge in [0.2, 0.25) is 5.91 Å². The number of aromatic nitrogens is 1. The number of anilines is 1. The molecular formula is C25H27N3O2S. The van der Waals surface area contributed by atoms with Crippen molar-refractivity contribution >= 4 is 29.3 Å². The maximum absolute atomic E-state index is 12.8.